The number of aromatic nitrogens is 1. The number of thiophene rings is 1. The van der Waals surface area contributed by atoms with E-state index in [9.17, 15) is 0 Å². The van der Waals surface area contributed by atoms with E-state index in [0.29, 0.717) is 0 Å². The molecule has 4 heteroatoms. The first-order chi connectivity index (χ1) is 30.7. The van der Waals surface area contributed by atoms with Crippen molar-refractivity contribution in [3.05, 3.63) is 211 Å². The fraction of sp³-hybridized carbons (Fsp3) is 0.0690. The van der Waals surface area contributed by atoms with Crippen LogP contribution < -0.4 is 0 Å². The number of aliphatic imine (C=N–C) groups is 2. The van der Waals surface area contributed by atoms with Gasteiger partial charge in [0.2, 0.25) is 0 Å². The first-order valence-electron chi connectivity index (χ1n) is 21.7. The van der Waals surface area contributed by atoms with Crippen molar-refractivity contribution in [2.75, 3.05) is 0 Å². The molecule has 1 atom stereocenters. The van der Waals surface area contributed by atoms with Crippen LogP contribution in [-0.4, -0.2) is 16.1 Å². The number of para-hydroxylation sites is 1. The summed E-state index contributed by atoms with van der Waals surface area (Å²) >= 11 is 1.85. The quantitative estimate of drug-likeness (QED) is 0.159. The second-order valence-electron chi connectivity index (χ2n) is 16.7. The number of hydrogen-bond donors (Lipinski definition) is 0. The predicted molar refractivity (Wildman–Crippen MR) is 266 cm³/mol. The maximum atomic E-state index is 5.94. The Kier molecular flexibility index (Phi) is 8.04. The Balaban J connectivity index is 1.14. The molecule has 0 saturated carbocycles. The van der Waals surface area contributed by atoms with Gasteiger partial charge >= 0.3 is 0 Å². The fourth-order valence-corrected chi connectivity index (χ4v) is 11.4. The summed E-state index contributed by atoms with van der Waals surface area (Å²) in [5.41, 5.74) is 7.99. The number of nitrogens with zero attached hydrogens (tertiary/aromatic N) is 3. The van der Waals surface area contributed by atoms with Crippen molar-refractivity contribution >= 4 is 108 Å². The van der Waals surface area contributed by atoms with Crippen LogP contribution in [0.4, 0.5) is 0 Å². The molecule has 10 aromatic carbocycles. The van der Waals surface area contributed by atoms with Gasteiger partial charge in [0.25, 0.3) is 0 Å². The molecule has 0 fully saturated rings. The highest BCUT2D eigenvalue weighted by Crippen LogP contribution is 2.43. The third-order valence-electron chi connectivity index (χ3n) is 13.2. The minimum atomic E-state index is -0.0838. The molecule has 62 heavy (non-hydrogen) atoms. The molecule has 3 heterocycles. The lowest BCUT2D eigenvalue weighted by molar-refractivity contribution is 0.626. The van der Waals surface area contributed by atoms with Gasteiger partial charge in [-0.05, 0) is 116 Å². The number of rotatable bonds is 4. The molecule has 0 N–H and O–H groups in total. The molecule has 0 aliphatic carbocycles. The normalized spacial score (nSPS) is 16.6. The van der Waals surface area contributed by atoms with Gasteiger partial charge in [-0.2, -0.15) is 0 Å². The van der Waals surface area contributed by atoms with E-state index in [0.717, 1.165) is 47.6 Å². The molecule has 0 spiro atoms. The maximum absolute atomic E-state index is 5.94. The standard InChI is InChI=1S/C58H39N3S/c1-2-16-39-35-53-48(34-38(39)15-1)46-20-7-9-25-51(46)61(53)52-31-32-55-56(47-21-8-10-26-54(47)62-55)57(52)58-59-49(41-29-30-44-40(33-41)28-27-37-14-4-5-18-42(37)44)23-12-24-50(60-58)45-22-11-17-36-13-3-6-19-43(36)45/h1-11,13-22,25-35,50H,12,23-24H2/b59-49+,60-58-. The zero-order chi connectivity index (χ0) is 40.7. The highest BCUT2D eigenvalue weighted by Gasteiger charge is 2.26. The lowest BCUT2D eigenvalue weighted by Crippen LogP contribution is -2.15. The van der Waals surface area contributed by atoms with Crippen LogP contribution >= 0.6 is 11.3 Å². The third kappa shape index (κ3) is 5.57. The summed E-state index contributed by atoms with van der Waals surface area (Å²) < 4.78 is 4.98. The van der Waals surface area contributed by atoms with E-state index < -0.39 is 0 Å². The predicted octanol–water partition coefficient (Wildman–Crippen LogP) is 15.9. The summed E-state index contributed by atoms with van der Waals surface area (Å²) in [6.45, 7) is 0. The van der Waals surface area contributed by atoms with Crippen molar-refractivity contribution in [1.82, 2.24) is 4.57 Å². The van der Waals surface area contributed by atoms with Crippen LogP contribution in [0.25, 0.3) is 90.8 Å². The van der Waals surface area contributed by atoms with Crippen molar-refractivity contribution in [2.24, 2.45) is 9.98 Å². The lowest BCUT2D eigenvalue weighted by atomic mass is 9.92. The van der Waals surface area contributed by atoms with E-state index >= 15 is 0 Å². The molecule has 0 bridgehead atoms. The molecule has 0 radical (unpaired) electrons. The van der Waals surface area contributed by atoms with E-state index in [2.05, 4.69) is 199 Å². The summed E-state index contributed by atoms with van der Waals surface area (Å²) in [6, 6.07) is 71.3. The van der Waals surface area contributed by atoms with Crippen LogP contribution in [0.1, 0.15) is 42.0 Å². The molecule has 1 aliphatic heterocycles. The maximum Gasteiger partial charge on any atom is 0.158 e. The van der Waals surface area contributed by atoms with E-state index in [1.165, 1.54) is 90.6 Å². The van der Waals surface area contributed by atoms with E-state index in [1.807, 2.05) is 11.3 Å². The smallest absolute Gasteiger partial charge is 0.158 e. The minimum Gasteiger partial charge on any atom is -0.308 e. The van der Waals surface area contributed by atoms with Crippen LogP contribution in [0, 0.1) is 0 Å². The van der Waals surface area contributed by atoms with E-state index in [-0.39, 0.29) is 6.04 Å². The molecule has 1 aliphatic rings. The number of hydrogen-bond acceptors (Lipinski definition) is 3. The molecule has 292 valence electrons. The van der Waals surface area contributed by atoms with Crippen molar-refractivity contribution in [3.63, 3.8) is 0 Å². The van der Waals surface area contributed by atoms with Gasteiger partial charge in [-0.15, -0.1) is 11.3 Å². The van der Waals surface area contributed by atoms with Gasteiger partial charge in [-0.25, -0.2) is 4.99 Å². The lowest BCUT2D eigenvalue weighted by Gasteiger charge is -2.22. The van der Waals surface area contributed by atoms with Gasteiger partial charge in [-0.1, -0.05) is 152 Å². The Bertz CT molecular complexity index is 3860. The monoisotopic (exact) mass is 809 g/mol. The van der Waals surface area contributed by atoms with Gasteiger partial charge in [0, 0.05) is 30.9 Å². The zero-order valence-corrected chi connectivity index (χ0v) is 34.7. The second-order valence-corrected chi connectivity index (χ2v) is 17.8. The van der Waals surface area contributed by atoms with E-state index in [4.69, 9.17) is 9.98 Å². The van der Waals surface area contributed by atoms with Crippen LogP contribution in [0.3, 0.4) is 0 Å². The highest BCUT2D eigenvalue weighted by molar-refractivity contribution is 7.25. The summed E-state index contributed by atoms with van der Waals surface area (Å²) in [6.07, 6.45) is 2.72. The van der Waals surface area contributed by atoms with Crippen LogP contribution in [0.15, 0.2) is 204 Å². The van der Waals surface area contributed by atoms with Gasteiger partial charge in [0.05, 0.1) is 34.0 Å². The summed E-state index contributed by atoms with van der Waals surface area (Å²) in [7, 11) is 0. The number of amidine groups is 1. The van der Waals surface area contributed by atoms with E-state index in [1.54, 1.807) is 0 Å². The SMILES string of the molecule is c1ccc2cc3c(cc2c1)c1ccccc1n3-c1ccc2sc3ccccc3c2c1C1=N/C(c2cccc3ccccc23)CCC/C(c2ccc3c(ccc4ccccc43)c2)=N\1. The third-order valence-corrected chi connectivity index (χ3v) is 14.3. The fourth-order valence-electron chi connectivity index (χ4n) is 10.3. The highest BCUT2D eigenvalue weighted by atomic mass is 32.1. The van der Waals surface area contributed by atoms with Gasteiger partial charge in [-0.3, -0.25) is 4.99 Å². The van der Waals surface area contributed by atoms with Gasteiger partial charge in [0.15, 0.2) is 5.84 Å². The van der Waals surface area contributed by atoms with Crippen LogP contribution in [0.2, 0.25) is 0 Å². The van der Waals surface area contributed by atoms with Crippen LogP contribution in [-0.2, 0) is 0 Å². The zero-order valence-electron chi connectivity index (χ0n) is 33.9. The summed E-state index contributed by atoms with van der Waals surface area (Å²) in [5, 5.41) is 14.9. The van der Waals surface area contributed by atoms with Crippen molar-refractivity contribution in [2.45, 2.75) is 25.3 Å². The minimum absolute atomic E-state index is 0.0838. The van der Waals surface area contributed by atoms with Crippen molar-refractivity contribution < 1.29 is 0 Å². The largest absolute Gasteiger partial charge is 0.308 e. The molecule has 1 unspecified atom stereocenters. The average molecular weight is 810 g/mol. The first kappa shape index (κ1) is 35.4. The number of fused-ring (bicyclic) bond motifs is 11. The number of benzene rings is 10. The molecule has 0 saturated heterocycles. The van der Waals surface area contributed by atoms with Crippen molar-refractivity contribution in [1.29, 1.82) is 0 Å². The second kappa shape index (κ2) is 14.1. The molecular formula is C58H39N3S. The first-order valence-corrected chi connectivity index (χ1v) is 22.5. The molecule has 3 nitrogen and oxygen atoms in total. The topological polar surface area (TPSA) is 29.6 Å². The summed E-state index contributed by atoms with van der Waals surface area (Å²) in [4.78, 5) is 11.8. The summed E-state index contributed by atoms with van der Waals surface area (Å²) in [5.74, 6) is 0.784. The molecule has 2 aromatic heterocycles. The molecule has 13 rings (SSSR count). The molecule has 12 aromatic rings. The Morgan fingerprint density at radius 3 is 2.02 bits per heavy atom. The Labute approximate surface area is 362 Å². The van der Waals surface area contributed by atoms with Crippen molar-refractivity contribution in [3.8, 4) is 5.69 Å². The molecular weight excluding hydrogens is 771 g/mol. The van der Waals surface area contributed by atoms with Gasteiger partial charge < -0.3 is 4.57 Å². The Morgan fingerprint density at radius 1 is 0.468 bits per heavy atom. The molecule has 0 amide bonds. The Morgan fingerprint density at radius 2 is 1.15 bits per heavy atom. The van der Waals surface area contributed by atoms with Gasteiger partial charge in [0.1, 0.15) is 0 Å². The van der Waals surface area contributed by atoms with Crippen LogP contribution in [0.5, 0.6) is 0 Å². The Hall–Kier alpha value is -7.40. The average Bonchev–Trinajstić information content (AvgIpc) is 3.85.